The molecule has 0 saturated heterocycles. The third kappa shape index (κ3) is 5.57. The van der Waals surface area contributed by atoms with E-state index in [4.69, 9.17) is 0 Å². The fourth-order valence-electron chi connectivity index (χ4n) is 3.14. The van der Waals surface area contributed by atoms with Crippen LogP contribution in [0.5, 0.6) is 5.75 Å². The van der Waals surface area contributed by atoms with Gasteiger partial charge < -0.3 is 10.1 Å². The normalized spacial score (nSPS) is 11.9. The van der Waals surface area contributed by atoms with Gasteiger partial charge in [-0.25, -0.2) is 0 Å². The van der Waals surface area contributed by atoms with Crippen molar-refractivity contribution in [3.05, 3.63) is 78.6 Å². The molecule has 4 rings (SSSR count). The fourth-order valence-corrected chi connectivity index (χ4v) is 4.00. The number of carbonyl (C=O) groups excluding carboxylic acids is 1. The summed E-state index contributed by atoms with van der Waals surface area (Å²) in [5.74, 6) is 0.387. The van der Waals surface area contributed by atoms with Gasteiger partial charge in [0.25, 0.3) is 0 Å². The third-order valence-electron chi connectivity index (χ3n) is 4.86. The molecule has 4 aromatic rings. The second-order valence-electron chi connectivity index (χ2n) is 7.37. The molecule has 2 aromatic carbocycles. The molecule has 2 heterocycles. The van der Waals surface area contributed by atoms with Crippen LogP contribution >= 0.6 is 11.8 Å². The van der Waals surface area contributed by atoms with Crippen LogP contribution in [0.2, 0.25) is 0 Å². The number of aromatic nitrogens is 4. The van der Waals surface area contributed by atoms with Crippen LogP contribution < -0.4 is 10.1 Å². The molecule has 0 aliphatic rings. The van der Waals surface area contributed by atoms with Gasteiger partial charge in [-0.2, -0.15) is 8.78 Å². The Hall–Kier alpha value is -3.79. The Bertz CT molecular complexity index is 1250. The predicted octanol–water partition coefficient (Wildman–Crippen LogP) is 5.36. The molecule has 174 valence electrons. The number of ether oxygens (including phenoxy) is 1. The van der Waals surface area contributed by atoms with E-state index in [1.54, 1.807) is 19.3 Å². The number of aryl methyl sites for hydroxylation is 1. The van der Waals surface area contributed by atoms with E-state index < -0.39 is 11.9 Å². The molecule has 1 N–H and O–H groups in total. The van der Waals surface area contributed by atoms with E-state index in [1.165, 1.54) is 36.0 Å². The highest BCUT2D eigenvalue weighted by atomic mass is 32.2. The van der Waals surface area contributed by atoms with Gasteiger partial charge in [0, 0.05) is 29.3 Å². The summed E-state index contributed by atoms with van der Waals surface area (Å²) < 4.78 is 30.9. The number of hydrogen-bond acceptors (Lipinski definition) is 6. The summed E-state index contributed by atoms with van der Waals surface area (Å²) in [6, 6.07) is 17.4. The zero-order valence-electron chi connectivity index (χ0n) is 18.4. The highest BCUT2D eigenvalue weighted by molar-refractivity contribution is 8.00. The number of alkyl halides is 2. The van der Waals surface area contributed by atoms with Gasteiger partial charge in [-0.1, -0.05) is 29.5 Å². The molecule has 34 heavy (non-hydrogen) atoms. The summed E-state index contributed by atoms with van der Waals surface area (Å²) in [6.45, 7) is 0.863. The average Bonchev–Trinajstić information content (AvgIpc) is 3.24. The molecule has 2 aromatic heterocycles. The predicted molar refractivity (Wildman–Crippen MR) is 126 cm³/mol. The lowest BCUT2D eigenvalue weighted by molar-refractivity contribution is -0.115. The summed E-state index contributed by atoms with van der Waals surface area (Å²) in [6.07, 6.45) is 3.37. The quantitative estimate of drug-likeness (QED) is 0.341. The van der Waals surface area contributed by atoms with E-state index in [-0.39, 0.29) is 11.7 Å². The minimum atomic E-state index is -2.90. The minimum absolute atomic E-state index is 0.0188. The average molecular weight is 482 g/mol. The molecular weight excluding hydrogens is 460 g/mol. The van der Waals surface area contributed by atoms with Crippen LogP contribution in [0.3, 0.4) is 0 Å². The first-order valence-electron chi connectivity index (χ1n) is 10.4. The van der Waals surface area contributed by atoms with E-state index in [9.17, 15) is 13.6 Å². The van der Waals surface area contributed by atoms with Crippen molar-refractivity contribution in [2.45, 2.75) is 30.9 Å². The molecule has 0 fully saturated rings. The maximum absolute atomic E-state index is 12.8. The summed E-state index contributed by atoms with van der Waals surface area (Å²) >= 11 is 1.26. The largest absolute Gasteiger partial charge is 0.435 e. The maximum atomic E-state index is 12.8. The molecule has 0 aliphatic carbocycles. The third-order valence-corrected chi connectivity index (χ3v) is 5.91. The molecule has 1 atom stereocenters. The molecule has 0 spiro atoms. The Morgan fingerprint density at radius 2 is 1.68 bits per heavy atom. The zero-order valence-corrected chi connectivity index (χ0v) is 19.2. The minimum Gasteiger partial charge on any atom is -0.435 e. The first-order valence-corrected chi connectivity index (χ1v) is 11.2. The second kappa shape index (κ2) is 10.4. The zero-order chi connectivity index (χ0) is 24.1. The molecule has 0 bridgehead atoms. The van der Waals surface area contributed by atoms with Crippen molar-refractivity contribution in [1.82, 2.24) is 19.7 Å². The highest BCUT2D eigenvalue weighted by Crippen LogP contribution is 2.30. The van der Waals surface area contributed by atoms with E-state index in [0.717, 1.165) is 16.8 Å². The number of carbonyl (C=O) groups is 1. The molecule has 1 amide bonds. The van der Waals surface area contributed by atoms with Crippen molar-refractivity contribution < 1.29 is 18.3 Å². The van der Waals surface area contributed by atoms with Gasteiger partial charge in [-0.3, -0.25) is 14.3 Å². The first-order chi connectivity index (χ1) is 16.4. The second-order valence-corrected chi connectivity index (χ2v) is 8.67. The lowest BCUT2D eigenvalue weighted by Gasteiger charge is -2.14. The number of thioether (sulfide) groups is 1. The van der Waals surface area contributed by atoms with Crippen LogP contribution in [0, 0.1) is 6.92 Å². The number of pyridine rings is 1. The lowest BCUT2D eigenvalue weighted by atomic mass is 10.2. The first kappa shape index (κ1) is 23.4. The highest BCUT2D eigenvalue weighted by Gasteiger charge is 2.22. The SMILES string of the molecule is Cc1ccc(-n2c(SC(C)C(=O)Nc3ccc(OC(F)F)cc3)nnc2-c2ccncc2)cc1. The Morgan fingerprint density at radius 1 is 1.00 bits per heavy atom. The van der Waals surface area contributed by atoms with Crippen molar-refractivity contribution in [1.29, 1.82) is 0 Å². The number of nitrogens with zero attached hydrogens (tertiary/aromatic N) is 4. The van der Waals surface area contributed by atoms with Crippen LogP contribution in [-0.4, -0.2) is 37.5 Å². The number of benzene rings is 2. The van der Waals surface area contributed by atoms with Gasteiger partial charge in [0.1, 0.15) is 5.75 Å². The number of hydrogen-bond donors (Lipinski definition) is 1. The monoisotopic (exact) mass is 481 g/mol. The van der Waals surface area contributed by atoms with Crippen LogP contribution in [0.4, 0.5) is 14.5 Å². The fraction of sp³-hybridized carbons (Fsp3) is 0.167. The number of anilines is 1. The molecule has 7 nitrogen and oxygen atoms in total. The van der Waals surface area contributed by atoms with Crippen molar-refractivity contribution in [2.24, 2.45) is 0 Å². The van der Waals surface area contributed by atoms with Gasteiger partial charge in [-0.15, -0.1) is 10.2 Å². The number of nitrogens with one attached hydrogen (secondary N) is 1. The number of rotatable bonds is 8. The van der Waals surface area contributed by atoms with E-state index in [0.29, 0.717) is 16.7 Å². The van der Waals surface area contributed by atoms with Crippen LogP contribution in [0.1, 0.15) is 12.5 Å². The van der Waals surface area contributed by atoms with Crippen LogP contribution in [-0.2, 0) is 4.79 Å². The molecule has 1 unspecified atom stereocenters. The summed E-state index contributed by atoms with van der Waals surface area (Å²) in [4.78, 5) is 16.9. The van der Waals surface area contributed by atoms with Gasteiger partial charge in [0.05, 0.1) is 5.25 Å². The standard InChI is InChI=1S/C24H21F2N5O2S/c1-15-3-7-19(8-4-15)31-21(17-11-13-27-14-12-17)29-30-24(31)34-16(2)22(32)28-18-5-9-20(10-6-18)33-23(25)26/h3-14,16,23H,1-2H3,(H,28,32). The van der Waals surface area contributed by atoms with Crippen molar-refractivity contribution >= 4 is 23.4 Å². The molecular formula is C24H21F2N5O2S. The van der Waals surface area contributed by atoms with Gasteiger partial charge in [0.2, 0.25) is 5.91 Å². The summed E-state index contributed by atoms with van der Waals surface area (Å²) in [7, 11) is 0. The number of amides is 1. The Balaban J connectivity index is 1.55. The Morgan fingerprint density at radius 3 is 2.32 bits per heavy atom. The Labute approximate surface area is 199 Å². The number of halogens is 2. The van der Waals surface area contributed by atoms with E-state index in [1.807, 2.05) is 47.9 Å². The van der Waals surface area contributed by atoms with E-state index in [2.05, 4.69) is 25.2 Å². The van der Waals surface area contributed by atoms with Crippen molar-refractivity contribution in [2.75, 3.05) is 5.32 Å². The van der Waals surface area contributed by atoms with Crippen LogP contribution in [0.25, 0.3) is 17.1 Å². The Kier molecular flexibility index (Phi) is 7.17. The molecule has 10 heteroatoms. The van der Waals surface area contributed by atoms with E-state index >= 15 is 0 Å². The molecule has 0 aliphatic heterocycles. The smallest absolute Gasteiger partial charge is 0.387 e. The van der Waals surface area contributed by atoms with Gasteiger partial charge in [-0.05, 0) is 62.4 Å². The topological polar surface area (TPSA) is 81.9 Å². The van der Waals surface area contributed by atoms with Crippen LogP contribution in [0.15, 0.2) is 78.2 Å². The lowest BCUT2D eigenvalue weighted by Crippen LogP contribution is -2.22. The van der Waals surface area contributed by atoms with Crippen molar-refractivity contribution in [3.63, 3.8) is 0 Å². The molecule has 0 saturated carbocycles. The van der Waals surface area contributed by atoms with Gasteiger partial charge in [0.15, 0.2) is 11.0 Å². The molecule has 0 radical (unpaired) electrons. The summed E-state index contributed by atoms with van der Waals surface area (Å²) in [5, 5.41) is 11.5. The van der Waals surface area contributed by atoms with Crippen molar-refractivity contribution in [3.8, 4) is 22.8 Å². The van der Waals surface area contributed by atoms with Gasteiger partial charge >= 0.3 is 6.61 Å². The summed E-state index contributed by atoms with van der Waals surface area (Å²) in [5.41, 5.74) is 3.30. The maximum Gasteiger partial charge on any atom is 0.387 e.